The number of hydrogen-bond acceptors (Lipinski definition) is 3. The van der Waals surface area contributed by atoms with Crippen LogP contribution in [0.1, 0.15) is 18.9 Å². The van der Waals surface area contributed by atoms with Gasteiger partial charge >= 0.3 is 0 Å². The van der Waals surface area contributed by atoms with Crippen molar-refractivity contribution in [2.75, 3.05) is 24.5 Å². The Morgan fingerprint density at radius 2 is 2.11 bits per heavy atom. The van der Waals surface area contributed by atoms with E-state index in [2.05, 4.69) is 18.3 Å². The van der Waals surface area contributed by atoms with Crippen LogP contribution in [-0.4, -0.2) is 25.5 Å². The lowest BCUT2D eigenvalue weighted by molar-refractivity contribution is -0.118. The zero-order chi connectivity index (χ0) is 13.0. The minimum Gasteiger partial charge on any atom is -0.316 e. The molecule has 0 aliphatic carbocycles. The summed E-state index contributed by atoms with van der Waals surface area (Å²) in [4.78, 5) is 13.9. The molecule has 2 rings (SSSR count). The minimum absolute atomic E-state index is 0.138. The van der Waals surface area contributed by atoms with Gasteiger partial charge in [0.25, 0.3) is 0 Å². The van der Waals surface area contributed by atoms with Crippen LogP contribution in [0.4, 0.5) is 5.69 Å². The van der Waals surface area contributed by atoms with E-state index in [1.807, 2.05) is 17.0 Å². The number of benzene rings is 1. The summed E-state index contributed by atoms with van der Waals surface area (Å²) in [5, 5.41) is 12.0. The first-order valence-corrected chi connectivity index (χ1v) is 6.22. The molecule has 1 aliphatic heterocycles. The van der Waals surface area contributed by atoms with Crippen LogP contribution < -0.4 is 10.2 Å². The standard InChI is InChI=1S/C14H17N3O/c1-11-9-16-7-6-14(18)17(10-11)13-4-2-12(8-15)3-5-13/h2-5,11,16H,6-7,9-10H2,1H3. The molecule has 1 aromatic carbocycles. The van der Waals surface area contributed by atoms with Gasteiger partial charge in [0.15, 0.2) is 0 Å². The predicted octanol–water partition coefficient (Wildman–Crippen LogP) is 1.52. The quantitative estimate of drug-likeness (QED) is 0.813. The first kappa shape index (κ1) is 12.6. The third-order valence-corrected chi connectivity index (χ3v) is 3.11. The van der Waals surface area contributed by atoms with Crippen molar-refractivity contribution in [1.29, 1.82) is 5.26 Å². The molecule has 4 heteroatoms. The fraction of sp³-hybridized carbons (Fsp3) is 0.429. The Morgan fingerprint density at radius 3 is 2.78 bits per heavy atom. The number of amides is 1. The molecule has 1 heterocycles. The van der Waals surface area contributed by atoms with Crippen molar-refractivity contribution in [2.24, 2.45) is 5.92 Å². The summed E-state index contributed by atoms with van der Waals surface area (Å²) < 4.78 is 0. The predicted molar refractivity (Wildman–Crippen MR) is 70.2 cm³/mol. The molecule has 1 aliphatic rings. The van der Waals surface area contributed by atoms with E-state index < -0.39 is 0 Å². The van der Waals surface area contributed by atoms with Crippen LogP contribution >= 0.6 is 0 Å². The van der Waals surface area contributed by atoms with Gasteiger partial charge in [0.05, 0.1) is 11.6 Å². The van der Waals surface area contributed by atoms with Crippen molar-refractivity contribution in [3.05, 3.63) is 29.8 Å². The van der Waals surface area contributed by atoms with E-state index in [0.29, 0.717) is 17.9 Å². The number of carbonyl (C=O) groups excluding carboxylic acids is 1. The monoisotopic (exact) mass is 243 g/mol. The highest BCUT2D eigenvalue weighted by Crippen LogP contribution is 2.18. The van der Waals surface area contributed by atoms with E-state index in [4.69, 9.17) is 5.26 Å². The van der Waals surface area contributed by atoms with E-state index in [-0.39, 0.29) is 5.91 Å². The van der Waals surface area contributed by atoms with Gasteiger partial charge in [-0.1, -0.05) is 6.92 Å². The average molecular weight is 243 g/mol. The average Bonchev–Trinajstić information content (AvgIpc) is 2.39. The van der Waals surface area contributed by atoms with Crippen molar-refractivity contribution >= 4 is 11.6 Å². The van der Waals surface area contributed by atoms with Crippen LogP contribution in [0.5, 0.6) is 0 Å². The number of nitriles is 1. The van der Waals surface area contributed by atoms with Gasteiger partial charge in [-0.15, -0.1) is 0 Å². The molecule has 4 nitrogen and oxygen atoms in total. The van der Waals surface area contributed by atoms with Crippen molar-refractivity contribution in [3.8, 4) is 6.07 Å². The molecule has 94 valence electrons. The molecule has 18 heavy (non-hydrogen) atoms. The second kappa shape index (κ2) is 5.65. The Hall–Kier alpha value is -1.86. The van der Waals surface area contributed by atoms with Crippen LogP contribution in [0.2, 0.25) is 0 Å². The Bertz CT molecular complexity index is 461. The normalized spacial score (nSPS) is 21.0. The summed E-state index contributed by atoms with van der Waals surface area (Å²) in [5.41, 5.74) is 1.50. The maximum atomic E-state index is 12.1. The molecule has 0 saturated carbocycles. The summed E-state index contributed by atoms with van der Waals surface area (Å²) in [6, 6.07) is 9.29. The van der Waals surface area contributed by atoms with Crippen molar-refractivity contribution < 1.29 is 4.79 Å². The van der Waals surface area contributed by atoms with E-state index in [1.165, 1.54) is 0 Å². The minimum atomic E-state index is 0.138. The number of anilines is 1. The van der Waals surface area contributed by atoms with Gasteiger partial charge in [-0.3, -0.25) is 4.79 Å². The molecule has 1 amide bonds. The molecule has 1 saturated heterocycles. The van der Waals surface area contributed by atoms with E-state index in [0.717, 1.165) is 25.3 Å². The van der Waals surface area contributed by atoms with Crippen LogP contribution in [0.3, 0.4) is 0 Å². The summed E-state index contributed by atoms with van der Waals surface area (Å²) in [6.45, 7) is 4.51. The number of nitrogens with zero attached hydrogens (tertiary/aromatic N) is 2. The number of carbonyl (C=O) groups is 1. The summed E-state index contributed by atoms with van der Waals surface area (Å²) in [6.07, 6.45) is 0.521. The second-order valence-corrected chi connectivity index (χ2v) is 4.72. The lowest BCUT2D eigenvalue weighted by atomic mass is 10.1. The number of rotatable bonds is 1. The zero-order valence-electron chi connectivity index (χ0n) is 10.5. The maximum Gasteiger partial charge on any atom is 0.228 e. The van der Waals surface area contributed by atoms with E-state index >= 15 is 0 Å². The van der Waals surface area contributed by atoms with Crippen LogP contribution in [0.15, 0.2) is 24.3 Å². The maximum absolute atomic E-state index is 12.1. The molecule has 0 bridgehead atoms. The lowest BCUT2D eigenvalue weighted by Gasteiger charge is -2.28. The van der Waals surface area contributed by atoms with Crippen molar-refractivity contribution in [1.82, 2.24) is 5.32 Å². The Labute approximate surface area is 107 Å². The van der Waals surface area contributed by atoms with Gasteiger partial charge in [-0.2, -0.15) is 5.26 Å². The molecule has 0 aromatic heterocycles. The van der Waals surface area contributed by atoms with E-state index in [9.17, 15) is 4.79 Å². The number of nitrogens with one attached hydrogen (secondary N) is 1. The molecular weight excluding hydrogens is 226 g/mol. The summed E-state index contributed by atoms with van der Waals surface area (Å²) in [7, 11) is 0. The van der Waals surface area contributed by atoms with E-state index in [1.54, 1.807) is 12.1 Å². The van der Waals surface area contributed by atoms with Crippen LogP contribution in [-0.2, 0) is 4.79 Å². The van der Waals surface area contributed by atoms with Gasteiger partial charge in [-0.05, 0) is 36.7 Å². The molecule has 1 unspecified atom stereocenters. The first-order valence-electron chi connectivity index (χ1n) is 6.22. The molecule has 0 radical (unpaired) electrons. The Morgan fingerprint density at radius 1 is 1.39 bits per heavy atom. The fourth-order valence-corrected chi connectivity index (χ4v) is 2.12. The van der Waals surface area contributed by atoms with Gasteiger partial charge in [-0.25, -0.2) is 0 Å². The van der Waals surface area contributed by atoms with Gasteiger partial charge in [0.1, 0.15) is 0 Å². The summed E-state index contributed by atoms with van der Waals surface area (Å²) >= 11 is 0. The van der Waals surface area contributed by atoms with Crippen LogP contribution in [0.25, 0.3) is 0 Å². The molecular formula is C14H17N3O. The van der Waals surface area contributed by atoms with Crippen molar-refractivity contribution in [3.63, 3.8) is 0 Å². The molecule has 1 fully saturated rings. The second-order valence-electron chi connectivity index (χ2n) is 4.72. The highest BCUT2D eigenvalue weighted by atomic mass is 16.2. The number of hydrogen-bond donors (Lipinski definition) is 1. The fourth-order valence-electron chi connectivity index (χ4n) is 2.12. The summed E-state index contributed by atoms with van der Waals surface area (Å²) in [5.74, 6) is 0.559. The smallest absolute Gasteiger partial charge is 0.228 e. The van der Waals surface area contributed by atoms with Crippen molar-refractivity contribution in [2.45, 2.75) is 13.3 Å². The molecule has 1 aromatic rings. The van der Waals surface area contributed by atoms with Crippen LogP contribution in [0, 0.1) is 17.2 Å². The lowest BCUT2D eigenvalue weighted by Crippen LogP contribution is -2.42. The van der Waals surface area contributed by atoms with Gasteiger partial charge < -0.3 is 10.2 Å². The Balaban J connectivity index is 2.21. The third kappa shape index (κ3) is 2.88. The van der Waals surface area contributed by atoms with Gasteiger partial charge in [0, 0.05) is 25.2 Å². The highest BCUT2D eigenvalue weighted by molar-refractivity contribution is 5.93. The Kier molecular flexibility index (Phi) is 3.96. The highest BCUT2D eigenvalue weighted by Gasteiger charge is 2.20. The first-order chi connectivity index (χ1) is 8.70. The SMILES string of the molecule is CC1CNCCC(=O)N(c2ccc(C#N)cc2)C1. The zero-order valence-corrected chi connectivity index (χ0v) is 10.5. The molecule has 0 spiro atoms. The topological polar surface area (TPSA) is 56.1 Å². The molecule has 1 atom stereocenters. The largest absolute Gasteiger partial charge is 0.316 e. The molecule has 1 N–H and O–H groups in total. The van der Waals surface area contributed by atoms with Gasteiger partial charge in [0.2, 0.25) is 5.91 Å². The third-order valence-electron chi connectivity index (χ3n) is 3.11.